The van der Waals surface area contributed by atoms with Gasteiger partial charge < -0.3 is 9.64 Å². The first kappa shape index (κ1) is 19.0. The molecule has 3 aromatic rings. The molecule has 2 aromatic carbocycles. The Morgan fingerprint density at radius 3 is 2.66 bits per heavy atom. The number of hydrogen-bond donors (Lipinski definition) is 0. The van der Waals surface area contributed by atoms with Crippen LogP contribution in [0.2, 0.25) is 0 Å². The molecule has 0 radical (unpaired) electrons. The topological polar surface area (TPSA) is 47.4 Å². The number of hydrogen-bond acceptors (Lipinski definition) is 3. The van der Waals surface area contributed by atoms with Crippen molar-refractivity contribution in [1.82, 2.24) is 14.7 Å². The quantitative estimate of drug-likeness (QED) is 0.630. The molecule has 1 aromatic heterocycles. The molecule has 1 aliphatic heterocycles. The largest absolute Gasteiger partial charge is 0.491 e. The molecule has 1 unspecified atom stereocenters. The van der Waals surface area contributed by atoms with Crippen molar-refractivity contribution in [3.8, 4) is 5.75 Å². The molecule has 1 aliphatic rings. The van der Waals surface area contributed by atoms with Gasteiger partial charge in [0.25, 0.3) is 5.91 Å². The fourth-order valence-corrected chi connectivity index (χ4v) is 3.75. The van der Waals surface area contributed by atoms with Gasteiger partial charge in [-0.25, -0.2) is 8.78 Å². The van der Waals surface area contributed by atoms with E-state index in [1.165, 1.54) is 4.90 Å². The Kier molecular flexibility index (Phi) is 4.77. The van der Waals surface area contributed by atoms with E-state index >= 15 is 0 Å². The number of aromatic nitrogens is 2. The third kappa shape index (κ3) is 3.24. The van der Waals surface area contributed by atoms with Crippen LogP contribution in [0.4, 0.5) is 13.2 Å². The molecule has 0 saturated carbocycles. The molecule has 5 nitrogen and oxygen atoms in total. The van der Waals surface area contributed by atoms with Crippen molar-refractivity contribution in [3.05, 3.63) is 82.4 Å². The molecule has 1 atom stereocenters. The predicted octanol–water partition coefficient (Wildman–Crippen LogP) is 3.63. The van der Waals surface area contributed by atoms with E-state index in [1.54, 1.807) is 17.9 Å². The van der Waals surface area contributed by atoms with Crippen LogP contribution in [0.25, 0.3) is 0 Å². The van der Waals surface area contributed by atoms with Gasteiger partial charge in [0.05, 0.1) is 18.9 Å². The molecule has 29 heavy (non-hydrogen) atoms. The van der Waals surface area contributed by atoms with E-state index in [0.717, 1.165) is 23.8 Å². The van der Waals surface area contributed by atoms with Crippen LogP contribution in [0.3, 0.4) is 0 Å². The maximum atomic E-state index is 14.6. The van der Waals surface area contributed by atoms with Crippen molar-refractivity contribution in [2.75, 3.05) is 13.7 Å². The van der Waals surface area contributed by atoms with Crippen LogP contribution in [0, 0.1) is 17.5 Å². The Morgan fingerprint density at radius 1 is 1.21 bits per heavy atom. The number of aryl methyl sites for hydroxylation is 1. The summed E-state index contributed by atoms with van der Waals surface area (Å²) in [5.41, 5.74) is 2.29. The number of halogens is 3. The first-order valence-electron chi connectivity index (χ1n) is 8.97. The number of nitrogens with zero attached hydrogens (tertiary/aromatic N) is 3. The number of methoxy groups -OCH3 is 1. The minimum Gasteiger partial charge on any atom is -0.491 e. The number of benzene rings is 2. The summed E-state index contributed by atoms with van der Waals surface area (Å²) in [4.78, 5) is 14.5. The summed E-state index contributed by atoms with van der Waals surface area (Å²) in [6.07, 6.45) is 3.58. The fraction of sp³-hybridized carbons (Fsp3) is 0.238. The van der Waals surface area contributed by atoms with Crippen LogP contribution in [0.1, 0.15) is 33.0 Å². The van der Waals surface area contributed by atoms with Crippen LogP contribution in [-0.4, -0.2) is 34.2 Å². The van der Waals surface area contributed by atoms with Gasteiger partial charge in [-0.05, 0) is 22.8 Å². The Bertz CT molecular complexity index is 1100. The zero-order valence-electron chi connectivity index (χ0n) is 15.8. The van der Waals surface area contributed by atoms with Gasteiger partial charge in [-0.15, -0.1) is 0 Å². The number of ether oxygens (including phenoxy) is 1. The third-order valence-electron chi connectivity index (χ3n) is 5.16. The highest BCUT2D eigenvalue weighted by Gasteiger charge is 2.33. The smallest absolute Gasteiger partial charge is 0.257 e. The molecule has 0 fully saturated rings. The maximum absolute atomic E-state index is 14.6. The van der Waals surface area contributed by atoms with Crippen LogP contribution in [0.5, 0.6) is 5.75 Å². The molecule has 0 aliphatic carbocycles. The van der Waals surface area contributed by atoms with Crippen molar-refractivity contribution in [1.29, 1.82) is 0 Å². The number of amides is 1. The van der Waals surface area contributed by atoms with Gasteiger partial charge >= 0.3 is 0 Å². The van der Waals surface area contributed by atoms with E-state index in [1.807, 2.05) is 30.5 Å². The van der Waals surface area contributed by atoms with E-state index in [4.69, 9.17) is 0 Å². The Morgan fingerprint density at radius 2 is 1.97 bits per heavy atom. The summed E-state index contributed by atoms with van der Waals surface area (Å²) in [5, 5.41) is 4.20. The van der Waals surface area contributed by atoms with Gasteiger partial charge in [0.15, 0.2) is 17.4 Å². The second-order valence-electron chi connectivity index (χ2n) is 6.95. The molecular formula is C21H18F3N3O2. The highest BCUT2D eigenvalue weighted by atomic mass is 19.2. The summed E-state index contributed by atoms with van der Waals surface area (Å²) in [5.74, 6) is -5.83. The van der Waals surface area contributed by atoms with Crippen LogP contribution >= 0.6 is 0 Å². The van der Waals surface area contributed by atoms with Crippen LogP contribution < -0.4 is 4.74 Å². The molecule has 0 spiro atoms. The fourth-order valence-electron chi connectivity index (χ4n) is 3.75. The van der Waals surface area contributed by atoms with Crippen molar-refractivity contribution in [3.63, 3.8) is 0 Å². The third-order valence-corrected chi connectivity index (χ3v) is 5.16. The first-order chi connectivity index (χ1) is 13.9. The molecule has 8 heteroatoms. The number of carbonyl (C=O) groups excluding carboxylic acids is 1. The lowest BCUT2D eigenvalue weighted by Gasteiger charge is -2.34. The highest BCUT2D eigenvalue weighted by Crippen LogP contribution is 2.35. The summed E-state index contributed by atoms with van der Waals surface area (Å²) in [6, 6.07) is 8.22. The van der Waals surface area contributed by atoms with Gasteiger partial charge in [0, 0.05) is 32.3 Å². The lowest BCUT2D eigenvalue weighted by molar-refractivity contribution is 0.0718. The van der Waals surface area contributed by atoms with Crippen LogP contribution in [0.15, 0.2) is 42.7 Å². The van der Waals surface area contributed by atoms with Crippen LogP contribution in [-0.2, 0) is 13.6 Å². The molecule has 4 rings (SSSR count). The standard InChI is InChI=1S/C21H18F3N3O2/c1-26-9-13(8-25-26)16-11-27(10-12-5-3-4-6-14(12)16)21(28)15-7-17(22)19(24)20(29-2)18(15)23/h3-9,16H,10-11H2,1-2H3. The molecule has 150 valence electrons. The van der Waals surface area contributed by atoms with E-state index in [2.05, 4.69) is 9.84 Å². The monoisotopic (exact) mass is 401 g/mol. The number of carbonyl (C=O) groups is 1. The molecule has 0 N–H and O–H groups in total. The summed E-state index contributed by atoms with van der Waals surface area (Å²) in [6.45, 7) is 0.481. The van der Waals surface area contributed by atoms with E-state index in [0.29, 0.717) is 6.07 Å². The molecule has 0 bridgehead atoms. The molecule has 0 saturated heterocycles. The first-order valence-corrected chi connectivity index (χ1v) is 8.97. The summed E-state index contributed by atoms with van der Waals surface area (Å²) in [7, 11) is 2.81. The predicted molar refractivity (Wildman–Crippen MR) is 99.1 cm³/mol. The summed E-state index contributed by atoms with van der Waals surface area (Å²) < 4.78 is 48.6. The van der Waals surface area contributed by atoms with Crippen molar-refractivity contribution in [2.45, 2.75) is 12.5 Å². The van der Waals surface area contributed by atoms with Gasteiger partial charge in [-0.2, -0.15) is 9.49 Å². The molecule has 1 amide bonds. The second kappa shape index (κ2) is 7.27. The minimum atomic E-state index is -1.46. The van der Waals surface area contributed by atoms with E-state index in [9.17, 15) is 18.0 Å². The second-order valence-corrected chi connectivity index (χ2v) is 6.95. The van der Waals surface area contributed by atoms with Crippen molar-refractivity contribution >= 4 is 5.91 Å². The average molecular weight is 401 g/mol. The SMILES string of the molecule is COc1c(F)c(F)cc(C(=O)N2Cc3ccccc3C(c3cnn(C)c3)C2)c1F. The molecular weight excluding hydrogens is 383 g/mol. The Hall–Kier alpha value is -3.29. The molecule has 2 heterocycles. The number of rotatable bonds is 3. The van der Waals surface area contributed by atoms with Gasteiger partial charge in [-0.1, -0.05) is 24.3 Å². The van der Waals surface area contributed by atoms with Gasteiger partial charge in [0.1, 0.15) is 0 Å². The zero-order chi connectivity index (χ0) is 20.7. The lowest BCUT2D eigenvalue weighted by Crippen LogP contribution is -2.39. The van der Waals surface area contributed by atoms with Gasteiger partial charge in [0.2, 0.25) is 5.82 Å². The minimum absolute atomic E-state index is 0.173. The van der Waals surface area contributed by atoms with Crippen molar-refractivity contribution < 1.29 is 22.7 Å². The Balaban J connectivity index is 1.75. The highest BCUT2D eigenvalue weighted by molar-refractivity contribution is 5.95. The van der Waals surface area contributed by atoms with Crippen molar-refractivity contribution in [2.24, 2.45) is 7.05 Å². The maximum Gasteiger partial charge on any atom is 0.257 e. The Labute approximate surface area is 165 Å². The van der Waals surface area contributed by atoms with Gasteiger partial charge in [-0.3, -0.25) is 9.48 Å². The van der Waals surface area contributed by atoms with E-state index < -0.39 is 34.7 Å². The lowest BCUT2D eigenvalue weighted by atomic mass is 9.86. The normalized spacial score (nSPS) is 15.9. The number of fused-ring (bicyclic) bond motifs is 1. The van der Waals surface area contributed by atoms with E-state index in [-0.39, 0.29) is 19.0 Å². The zero-order valence-corrected chi connectivity index (χ0v) is 15.8. The average Bonchev–Trinajstić information content (AvgIpc) is 3.16. The summed E-state index contributed by atoms with van der Waals surface area (Å²) >= 11 is 0.